The Morgan fingerprint density at radius 3 is 2.65 bits per heavy atom. The normalized spacial score (nSPS) is 17.0. The van der Waals surface area contributed by atoms with Crippen molar-refractivity contribution in [3.63, 3.8) is 0 Å². The Balaban J connectivity index is 1.63. The third-order valence-electron chi connectivity index (χ3n) is 5.38. The van der Waals surface area contributed by atoms with Crippen molar-refractivity contribution < 1.29 is 22.7 Å². The van der Waals surface area contributed by atoms with Gasteiger partial charge in [-0.3, -0.25) is 4.79 Å². The zero-order chi connectivity index (χ0) is 22.0. The number of amides is 1. The molecule has 0 aliphatic carbocycles. The lowest BCUT2D eigenvalue weighted by Crippen LogP contribution is -2.27. The number of rotatable bonds is 7. The molecule has 4 rings (SSSR count). The molecule has 3 aromatic rings. The average Bonchev–Trinajstić information content (AvgIpc) is 3.28. The second-order valence-electron chi connectivity index (χ2n) is 7.75. The Kier molecular flexibility index (Phi) is 5.84. The highest BCUT2D eigenvalue weighted by Crippen LogP contribution is 2.34. The third-order valence-corrected chi connectivity index (χ3v) is 5.38. The van der Waals surface area contributed by atoms with Gasteiger partial charge in [-0.25, -0.2) is 9.50 Å². The SMILES string of the molecule is CCCC1CC(=O)N(Cc2c(C(F)(F)F)nc3ccc(OCc4ccccc4)nn23)C1. The molecule has 1 atom stereocenters. The first-order chi connectivity index (χ1) is 14.8. The van der Waals surface area contributed by atoms with Crippen LogP contribution in [0.25, 0.3) is 5.65 Å². The highest BCUT2D eigenvalue weighted by atomic mass is 19.4. The van der Waals surface area contributed by atoms with Gasteiger partial charge < -0.3 is 9.64 Å². The zero-order valence-electron chi connectivity index (χ0n) is 17.1. The summed E-state index contributed by atoms with van der Waals surface area (Å²) in [6.07, 6.45) is -2.49. The second kappa shape index (κ2) is 8.56. The summed E-state index contributed by atoms with van der Waals surface area (Å²) >= 11 is 0. The van der Waals surface area contributed by atoms with Crippen molar-refractivity contribution >= 4 is 11.6 Å². The van der Waals surface area contributed by atoms with Gasteiger partial charge in [0, 0.05) is 19.0 Å². The molecule has 0 radical (unpaired) electrons. The number of fused-ring (bicyclic) bond motifs is 1. The smallest absolute Gasteiger partial charge is 0.435 e. The van der Waals surface area contributed by atoms with Gasteiger partial charge in [0.15, 0.2) is 11.3 Å². The van der Waals surface area contributed by atoms with E-state index >= 15 is 0 Å². The van der Waals surface area contributed by atoms with E-state index in [-0.39, 0.29) is 42.2 Å². The minimum absolute atomic E-state index is 0.0612. The highest BCUT2D eigenvalue weighted by Gasteiger charge is 2.40. The molecule has 0 saturated carbocycles. The van der Waals surface area contributed by atoms with Gasteiger partial charge >= 0.3 is 6.18 Å². The van der Waals surface area contributed by atoms with Gasteiger partial charge in [-0.15, -0.1) is 5.10 Å². The summed E-state index contributed by atoms with van der Waals surface area (Å²) in [4.78, 5) is 17.6. The highest BCUT2D eigenvalue weighted by molar-refractivity contribution is 5.78. The van der Waals surface area contributed by atoms with Gasteiger partial charge in [0.2, 0.25) is 11.8 Å². The lowest BCUT2D eigenvalue weighted by molar-refractivity contribution is -0.142. The number of aromatic nitrogens is 3. The van der Waals surface area contributed by atoms with Crippen molar-refractivity contribution in [1.82, 2.24) is 19.5 Å². The van der Waals surface area contributed by atoms with Gasteiger partial charge in [-0.2, -0.15) is 13.2 Å². The molecular weight excluding hydrogens is 409 g/mol. The predicted octanol–water partition coefficient (Wildman–Crippen LogP) is 4.48. The first kappa shape index (κ1) is 21.1. The molecular formula is C22H23F3N4O2. The summed E-state index contributed by atoms with van der Waals surface area (Å²) in [5.41, 5.74) is -0.202. The number of likely N-dealkylation sites (tertiary alicyclic amines) is 1. The monoisotopic (exact) mass is 432 g/mol. The van der Waals surface area contributed by atoms with E-state index in [1.54, 1.807) is 0 Å². The van der Waals surface area contributed by atoms with Crippen molar-refractivity contribution in [2.24, 2.45) is 5.92 Å². The van der Waals surface area contributed by atoms with E-state index in [0.29, 0.717) is 13.0 Å². The van der Waals surface area contributed by atoms with Crippen LogP contribution >= 0.6 is 0 Å². The van der Waals surface area contributed by atoms with E-state index in [9.17, 15) is 18.0 Å². The van der Waals surface area contributed by atoms with Gasteiger partial charge in [0.25, 0.3) is 0 Å². The molecule has 1 aliphatic rings. The summed E-state index contributed by atoms with van der Waals surface area (Å²) in [7, 11) is 0. The fourth-order valence-electron chi connectivity index (χ4n) is 3.93. The first-order valence-corrected chi connectivity index (χ1v) is 10.3. The van der Waals surface area contributed by atoms with Crippen molar-refractivity contribution in [2.75, 3.05) is 6.54 Å². The minimum atomic E-state index is -4.65. The molecule has 1 aliphatic heterocycles. The Morgan fingerprint density at radius 2 is 1.94 bits per heavy atom. The van der Waals surface area contributed by atoms with Gasteiger partial charge in [-0.05, 0) is 24.0 Å². The van der Waals surface area contributed by atoms with E-state index in [4.69, 9.17) is 4.74 Å². The molecule has 6 nitrogen and oxygen atoms in total. The second-order valence-corrected chi connectivity index (χ2v) is 7.75. The number of alkyl halides is 3. The molecule has 9 heteroatoms. The fourth-order valence-corrected chi connectivity index (χ4v) is 3.93. The molecule has 0 bridgehead atoms. The zero-order valence-corrected chi connectivity index (χ0v) is 17.1. The van der Waals surface area contributed by atoms with Crippen LogP contribution in [0.4, 0.5) is 13.2 Å². The molecule has 164 valence electrons. The number of halogens is 3. The van der Waals surface area contributed by atoms with E-state index in [1.165, 1.54) is 17.0 Å². The van der Waals surface area contributed by atoms with Crippen molar-refractivity contribution in [2.45, 2.75) is 45.5 Å². The standard InChI is InChI=1S/C22H23F3N4O2/c1-2-6-16-11-20(30)28(12-16)13-17-21(22(23,24)25)26-18-9-10-19(27-29(17)18)31-14-15-7-4-3-5-8-15/h3-5,7-10,16H,2,6,11-14H2,1H3. The molecule has 1 fully saturated rings. The van der Waals surface area contributed by atoms with Gasteiger partial charge in [0.1, 0.15) is 6.61 Å². The fraction of sp³-hybridized carbons (Fsp3) is 0.409. The van der Waals surface area contributed by atoms with Crippen LogP contribution in [-0.4, -0.2) is 31.9 Å². The Labute approximate surface area is 177 Å². The van der Waals surface area contributed by atoms with Crippen LogP contribution in [0.5, 0.6) is 5.88 Å². The summed E-state index contributed by atoms with van der Waals surface area (Å²) in [5.74, 6) is 0.210. The van der Waals surface area contributed by atoms with E-state index < -0.39 is 11.9 Å². The molecule has 0 spiro atoms. The number of nitrogens with zero attached hydrogens (tertiary/aromatic N) is 4. The molecule has 2 aromatic heterocycles. The van der Waals surface area contributed by atoms with Crippen LogP contribution in [-0.2, 0) is 24.1 Å². The minimum Gasteiger partial charge on any atom is -0.472 e. The van der Waals surface area contributed by atoms with Crippen LogP contribution in [0.2, 0.25) is 0 Å². The van der Waals surface area contributed by atoms with E-state index in [1.807, 2.05) is 37.3 Å². The van der Waals surface area contributed by atoms with Crippen LogP contribution < -0.4 is 4.74 Å². The number of hydrogen-bond acceptors (Lipinski definition) is 4. The van der Waals surface area contributed by atoms with Gasteiger partial charge in [-0.1, -0.05) is 43.7 Å². The molecule has 1 aromatic carbocycles. The molecule has 1 amide bonds. The number of carbonyl (C=O) groups is 1. The predicted molar refractivity (Wildman–Crippen MR) is 107 cm³/mol. The number of benzene rings is 1. The molecule has 0 N–H and O–H groups in total. The molecule has 31 heavy (non-hydrogen) atoms. The summed E-state index contributed by atoms with van der Waals surface area (Å²) in [6.45, 7) is 2.52. The van der Waals surface area contributed by atoms with Crippen LogP contribution in [0, 0.1) is 5.92 Å². The average molecular weight is 432 g/mol. The maximum Gasteiger partial charge on any atom is 0.435 e. The maximum atomic E-state index is 13.7. The maximum absolute atomic E-state index is 13.7. The quantitative estimate of drug-likeness (QED) is 0.553. The van der Waals surface area contributed by atoms with E-state index in [2.05, 4.69) is 10.1 Å². The Bertz CT molecular complexity index is 1070. The molecule has 1 saturated heterocycles. The summed E-state index contributed by atoms with van der Waals surface area (Å²) in [5, 5.41) is 4.24. The summed E-state index contributed by atoms with van der Waals surface area (Å²) in [6, 6.07) is 12.3. The lowest BCUT2D eigenvalue weighted by Gasteiger charge is -2.17. The molecule has 3 heterocycles. The summed E-state index contributed by atoms with van der Waals surface area (Å²) < 4.78 is 47.9. The topological polar surface area (TPSA) is 59.7 Å². The van der Waals surface area contributed by atoms with Crippen molar-refractivity contribution in [3.8, 4) is 5.88 Å². The first-order valence-electron chi connectivity index (χ1n) is 10.3. The number of carbonyl (C=O) groups excluding carboxylic acids is 1. The van der Waals surface area contributed by atoms with E-state index in [0.717, 1.165) is 22.9 Å². The van der Waals surface area contributed by atoms with Gasteiger partial charge in [0.05, 0.1) is 12.2 Å². The van der Waals surface area contributed by atoms with Crippen molar-refractivity contribution in [1.29, 1.82) is 0 Å². The Morgan fingerprint density at radius 1 is 1.16 bits per heavy atom. The van der Waals surface area contributed by atoms with Crippen LogP contribution in [0.3, 0.4) is 0 Å². The number of ether oxygens (including phenoxy) is 1. The largest absolute Gasteiger partial charge is 0.472 e. The lowest BCUT2D eigenvalue weighted by atomic mass is 10.0. The molecule has 1 unspecified atom stereocenters. The third kappa shape index (κ3) is 4.65. The Hall–Kier alpha value is -3.10. The van der Waals surface area contributed by atoms with Crippen LogP contribution in [0.15, 0.2) is 42.5 Å². The number of imidazole rings is 1. The van der Waals surface area contributed by atoms with Crippen molar-refractivity contribution in [3.05, 3.63) is 59.4 Å². The number of hydrogen-bond donors (Lipinski definition) is 0. The van der Waals surface area contributed by atoms with Crippen LogP contribution in [0.1, 0.15) is 43.1 Å².